The predicted molar refractivity (Wildman–Crippen MR) is 85.5 cm³/mol. The van der Waals surface area contributed by atoms with Gasteiger partial charge in [-0.2, -0.15) is 0 Å². The maximum Gasteiger partial charge on any atom is 0.0716 e. The number of aliphatic hydroxyl groups is 1. The van der Waals surface area contributed by atoms with Crippen LogP contribution in [0.25, 0.3) is 0 Å². The third-order valence-corrected chi connectivity index (χ3v) is 6.51. The molecule has 2 rings (SSSR count). The molecule has 0 saturated heterocycles. The molecule has 118 valence electrons. The van der Waals surface area contributed by atoms with E-state index in [4.69, 9.17) is 5.73 Å². The smallest absolute Gasteiger partial charge is 0.0716 e. The van der Waals surface area contributed by atoms with Gasteiger partial charge in [0.25, 0.3) is 0 Å². The highest BCUT2D eigenvalue weighted by Crippen LogP contribution is 2.52. The van der Waals surface area contributed by atoms with Crippen LogP contribution in [0.1, 0.15) is 78.6 Å². The first-order chi connectivity index (χ1) is 9.42. The topological polar surface area (TPSA) is 46.2 Å². The van der Waals surface area contributed by atoms with E-state index in [1.54, 1.807) is 0 Å². The largest absolute Gasteiger partial charge is 0.389 e. The molecule has 0 aromatic rings. The van der Waals surface area contributed by atoms with Gasteiger partial charge in [-0.3, -0.25) is 0 Å². The molecule has 2 fully saturated rings. The first-order valence-electron chi connectivity index (χ1n) is 8.85. The Morgan fingerprint density at radius 1 is 1.10 bits per heavy atom. The van der Waals surface area contributed by atoms with E-state index in [1.807, 2.05) is 0 Å². The lowest BCUT2D eigenvalue weighted by Gasteiger charge is -2.51. The lowest BCUT2D eigenvalue weighted by Crippen LogP contribution is -2.54. The Kier molecular flexibility index (Phi) is 5.18. The van der Waals surface area contributed by atoms with E-state index in [9.17, 15) is 5.11 Å². The Labute approximate surface area is 125 Å². The number of rotatable bonds is 3. The molecule has 0 aliphatic heterocycles. The van der Waals surface area contributed by atoms with Crippen molar-refractivity contribution < 1.29 is 5.11 Å². The summed E-state index contributed by atoms with van der Waals surface area (Å²) in [6.07, 6.45) is 10.4. The maximum absolute atomic E-state index is 11.5. The van der Waals surface area contributed by atoms with Crippen molar-refractivity contribution in [1.82, 2.24) is 0 Å². The lowest BCUT2D eigenvalue weighted by molar-refractivity contribution is -0.117. The minimum Gasteiger partial charge on any atom is -0.389 e. The van der Waals surface area contributed by atoms with Crippen molar-refractivity contribution in [3.8, 4) is 0 Å². The van der Waals surface area contributed by atoms with Crippen molar-refractivity contribution in [2.24, 2.45) is 28.9 Å². The van der Waals surface area contributed by atoms with Crippen LogP contribution in [-0.4, -0.2) is 17.3 Å². The van der Waals surface area contributed by atoms with E-state index in [0.717, 1.165) is 43.4 Å². The Balaban J connectivity index is 2.15. The van der Waals surface area contributed by atoms with Gasteiger partial charge in [-0.25, -0.2) is 0 Å². The zero-order chi connectivity index (χ0) is 14.8. The first-order valence-corrected chi connectivity index (χ1v) is 8.85. The highest BCUT2D eigenvalue weighted by Gasteiger charge is 2.51. The molecule has 0 heterocycles. The van der Waals surface area contributed by atoms with Gasteiger partial charge in [0.05, 0.1) is 5.60 Å². The van der Waals surface area contributed by atoms with Gasteiger partial charge in [0.2, 0.25) is 0 Å². The van der Waals surface area contributed by atoms with E-state index >= 15 is 0 Å². The third-order valence-electron chi connectivity index (χ3n) is 6.51. The second kappa shape index (κ2) is 6.36. The van der Waals surface area contributed by atoms with E-state index in [1.165, 1.54) is 32.1 Å². The number of nitrogens with two attached hydrogens (primary N) is 1. The molecule has 4 atom stereocenters. The van der Waals surface area contributed by atoms with Gasteiger partial charge in [-0.15, -0.1) is 0 Å². The van der Waals surface area contributed by atoms with Gasteiger partial charge >= 0.3 is 0 Å². The Morgan fingerprint density at radius 3 is 2.40 bits per heavy atom. The third kappa shape index (κ3) is 3.06. The fourth-order valence-electron chi connectivity index (χ4n) is 5.01. The molecule has 2 heteroatoms. The van der Waals surface area contributed by atoms with Crippen LogP contribution >= 0.6 is 0 Å². The highest BCUT2D eigenvalue weighted by atomic mass is 16.3. The van der Waals surface area contributed by atoms with Gasteiger partial charge in [0.15, 0.2) is 0 Å². The molecule has 0 aromatic heterocycles. The van der Waals surface area contributed by atoms with Crippen molar-refractivity contribution in [3.63, 3.8) is 0 Å². The average Bonchev–Trinajstić information content (AvgIpc) is 2.62. The van der Waals surface area contributed by atoms with Gasteiger partial charge in [0.1, 0.15) is 0 Å². The van der Waals surface area contributed by atoms with Crippen LogP contribution in [0.15, 0.2) is 0 Å². The molecule has 20 heavy (non-hydrogen) atoms. The summed E-state index contributed by atoms with van der Waals surface area (Å²) in [5, 5.41) is 11.5. The van der Waals surface area contributed by atoms with Crippen LogP contribution in [-0.2, 0) is 0 Å². The van der Waals surface area contributed by atoms with E-state index in [0.29, 0.717) is 6.54 Å². The minimum atomic E-state index is -0.500. The van der Waals surface area contributed by atoms with Crippen LogP contribution in [0, 0.1) is 23.2 Å². The molecular formula is C18H35NO. The fraction of sp³-hybridized carbons (Fsp3) is 1.00. The predicted octanol–water partition coefficient (Wildman–Crippen LogP) is 4.11. The normalized spacial score (nSPS) is 43.5. The average molecular weight is 281 g/mol. The van der Waals surface area contributed by atoms with Crippen LogP contribution in [0.5, 0.6) is 0 Å². The van der Waals surface area contributed by atoms with Crippen LogP contribution < -0.4 is 5.73 Å². The van der Waals surface area contributed by atoms with Gasteiger partial charge < -0.3 is 10.8 Å². The molecule has 2 nitrogen and oxygen atoms in total. The van der Waals surface area contributed by atoms with Crippen molar-refractivity contribution in [1.29, 1.82) is 0 Å². The standard InChI is InChI=1S/C18H35NO/c1-14(2)16-7-5-10-18(20,11-8-16)17(13-19)9-4-6-15(3)12-17/h14-16,20H,4-13,19H2,1-3H3. The molecule has 2 aliphatic rings. The molecule has 0 aromatic carbocycles. The summed E-state index contributed by atoms with van der Waals surface area (Å²) < 4.78 is 0. The first kappa shape index (κ1) is 16.3. The van der Waals surface area contributed by atoms with Gasteiger partial charge in [0, 0.05) is 12.0 Å². The Bertz CT molecular complexity index is 317. The Morgan fingerprint density at radius 2 is 1.80 bits per heavy atom. The highest BCUT2D eigenvalue weighted by molar-refractivity contribution is 5.03. The zero-order valence-electron chi connectivity index (χ0n) is 13.8. The number of hydrogen-bond acceptors (Lipinski definition) is 2. The monoisotopic (exact) mass is 281 g/mol. The zero-order valence-corrected chi connectivity index (χ0v) is 13.8. The van der Waals surface area contributed by atoms with Crippen molar-refractivity contribution in [3.05, 3.63) is 0 Å². The summed E-state index contributed by atoms with van der Waals surface area (Å²) in [4.78, 5) is 0. The molecule has 2 aliphatic carbocycles. The van der Waals surface area contributed by atoms with Crippen molar-refractivity contribution in [2.45, 2.75) is 84.2 Å². The SMILES string of the molecule is CC1CCCC(CN)(C2(O)CCCC(C(C)C)CC2)C1. The molecule has 4 unspecified atom stereocenters. The quantitative estimate of drug-likeness (QED) is 0.765. The van der Waals surface area contributed by atoms with Gasteiger partial charge in [-0.05, 0) is 49.9 Å². The summed E-state index contributed by atoms with van der Waals surface area (Å²) >= 11 is 0. The van der Waals surface area contributed by atoms with E-state index in [-0.39, 0.29) is 5.41 Å². The Hall–Kier alpha value is -0.0800. The molecule has 3 N–H and O–H groups in total. The summed E-state index contributed by atoms with van der Waals surface area (Å²) in [5.74, 6) is 2.26. The van der Waals surface area contributed by atoms with Crippen LogP contribution in [0.2, 0.25) is 0 Å². The molecular weight excluding hydrogens is 246 g/mol. The summed E-state index contributed by atoms with van der Waals surface area (Å²) in [5.41, 5.74) is 5.70. The molecule has 0 spiro atoms. The fourth-order valence-corrected chi connectivity index (χ4v) is 5.01. The van der Waals surface area contributed by atoms with Gasteiger partial charge in [-0.1, -0.05) is 46.5 Å². The molecule has 0 radical (unpaired) electrons. The number of hydrogen-bond donors (Lipinski definition) is 2. The van der Waals surface area contributed by atoms with E-state index < -0.39 is 5.60 Å². The second-order valence-corrected chi connectivity index (χ2v) is 8.15. The molecule has 0 amide bonds. The van der Waals surface area contributed by atoms with Crippen LogP contribution in [0.4, 0.5) is 0 Å². The molecule has 2 saturated carbocycles. The molecule has 0 bridgehead atoms. The van der Waals surface area contributed by atoms with E-state index in [2.05, 4.69) is 20.8 Å². The summed E-state index contributed by atoms with van der Waals surface area (Å²) in [7, 11) is 0. The summed E-state index contributed by atoms with van der Waals surface area (Å²) in [6, 6.07) is 0. The summed E-state index contributed by atoms with van der Waals surface area (Å²) in [6.45, 7) is 7.66. The van der Waals surface area contributed by atoms with Crippen LogP contribution in [0.3, 0.4) is 0 Å². The van der Waals surface area contributed by atoms with Crippen molar-refractivity contribution >= 4 is 0 Å². The lowest BCUT2D eigenvalue weighted by atomic mass is 9.58. The maximum atomic E-state index is 11.5. The van der Waals surface area contributed by atoms with Crippen molar-refractivity contribution in [2.75, 3.05) is 6.54 Å². The minimum absolute atomic E-state index is 0.00344. The second-order valence-electron chi connectivity index (χ2n) is 8.15.